The molecule has 1 aromatic carbocycles. The second kappa shape index (κ2) is 6.87. The van der Waals surface area contributed by atoms with Crippen LogP contribution in [0.2, 0.25) is 5.02 Å². The van der Waals surface area contributed by atoms with Crippen LogP contribution < -0.4 is 5.32 Å². The van der Waals surface area contributed by atoms with Crippen molar-refractivity contribution in [1.82, 2.24) is 15.2 Å². The standard InChI is InChI=1S/C15H14ClF3N4OS/c1-7(25-14-21-12(22-23-14)8-2-3-8)13(24)20-11-5-4-9(16)6-10(11)15(17,18)19/h4-8H,2-3H2,1H3,(H,20,24)(H,21,22,23)/t7-/m0/s1. The Morgan fingerprint density at radius 3 is 2.80 bits per heavy atom. The molecule has 1 aliphatic rings. The highest BCUT2D eigenvalue weighted by molar-refractivity contribution is 8.00. The van der Waals surface area contributed by atoms with Gasteiger partial charge in [0.1, 0.15) is 5.82 Å². The summed E-state index contributed by atoms with van der Waals surface area (Å²) in [4.78, 5) is 16.5. The SMILES string of the molecule is C[C@H](Sc1n[nH]c(C2CC2)n1)C(=O)Nc1ccc(Cl)cc1C(F)(F)F. The van der Waals surface area contributed by atoms with E-state index in [2.05, 4.69) is 20.5 Å². The van der Waals surface area contributed by atoms with E-state index in [9.17, 15) is 18.0 Å². The van der Waals surface area contributed by atoms with Crippen LogP contribution in [0.4, 0.5) is 18.9 Å². The summed E-state index contributed by atoms with van der Waals surface area (Å²) in [7, 11) is 0. The lowest BCUT2D eigenvalue weighted by Gasteiger charge is -2.16. The van der Waals surface area contributed by atoms with Crippen molar-refractivity contribution in [3.05, 3.63) is 34.6 Å². The van der Waals surface area contributed by atoms with E-state index < -0.39 is 22.9 Å². The van der Waals surface area contributed by atoms with Crippen LogP contribution in [0.25, 0.3) is 0 Å². The van der Waals surface area contributed by atoms with Gasteiger partial charge in [-0.25, -0.2) is 4.98 Å². The van der Waals surface area contributed by atoms with Gasteiger partial charge in [-0.05, 0) is 38.0 Å². The second-order valence-electron chi connectivity index (χ2n) is 5.71. The molecular weight excluding hydrogens is 377 g/mol. The number of alkyl halides is 3. The van der Waals surface area contributed by atoms with Gasteiger partial charge in [-0.15, -0.1) is 5.10 Å². The molecule has 0 spiro atoms. The van der Waals surface area contributed by atoms with E-state index in [0.717, 1.165) is 42.6 Å². The van der Waals surface area contributed by atoms with Gasteiger partial charge in [0, 0.05) is 10.9 Å². The van der Waals surface area contributed by atoms with Crippen LogP contribution in [-0.4, -0.2) is 26.3 Å². The lowest BCUT2D eigenvalue weighted by Crippen LogP contribution is -2.24. The fourth-order valence-electron chi connectivity index (χ4n) is 2.16. The fraction of sp³-hybridized carbons (Fsp3) is 0.400. The lowest BCUT2D eigenvalue weighted by atomic mass is 10.1. The van der Waals surface area contributed by atoms with Gasteiger partial charge in [0.25, 0.3) is 0 Å². The highest BCUT2D eigenvalue weighted by Gasteiger charge is 2.34. The van der Waals surface area contributed by atoms with Crippen molar-refractivity contribution in [3.8, 4) is 0 Å². The van der Waals surface area contributed by atoms with Gasteiger partial charge in [-0.1, -0.05) is 23.4 Å². The molecule has 5 nitrogen and oxygen atoms in total. The first-order chi connectivity index (χ1) is 11.7. The minimum atomic E-state index is -4.62. The summed E-state index contributed by atoms with van der Waals surface area (Å²) >= 11 is 6.71. The lowest BCUT2D eigenvalue weighted by molar-refractivity contribution is -0.137. The number of anilines is 1. The van der Waals surface area contributed by atoms with Crippen LogP contribution in [0, 0.1) is 0 Å². The number of carbonyl (C=O) groups is 1. The molecule has 1 saturated carbocycles. The van der Waals surface area contributed by atoms with Gasteiger partial charge < -0.3 is 5.32 Å². The molecule has 1 atom stereocenters. The van der Waals surface area contributed by atoms with Gasteiger partial charge in [-0.3, -0.25) is 9.89 Å². The molecule has 0 aliphatic heterocycles. The number of H-pyrrole nitrogens is 1. The van der Waals surface area contributed by atoms with E-state index in [1.165, 1.54) is 6.07 Å². The Hall–Kier alpha value is -1.74. The Morgan fingerprint density at radius 1 is 1.44 bits per heavy atom. The molecular formula is C15H14ClF3N4OS. The molecule has 2 N–H and O–H groups in total. The van der Waals surface area contributed by atoms with Crippen molar-refractivity contribution in [2.45, 2.75) is 42.3 Å². The highest BCUT2D eigenvalue weighted by Crippen LogP contribution is 2.39. The summed E-state index contributed by atoms with van der Waals surface area (Å²) in [5.41, 5.74) is -1.32. The van der Waals surface area contributed by atoms with Crippen molar-refractivity contribution in [2.75, 3.05) is 5.32 Å². The summed E-state index contributed by atoms with van der Waals surface area (Å²) in [5, 5.41) is 8.82. The van der Waals surface area contributed by atoms with E-state index in [1.807, 2.05) is 0 Å². The van der Waals surface area contributed by atoms with Gasteiger partial charge >= 0.3 is 6.18 Å². The van der Waals surface area contributed by atoms with Crippen LogP contribution >= 0.6 is 23.4 Å². The molecule has 1 aliphatic carbocycles. The minimum Gasteiger partial charge on any atom is -0.325 e. The van der Waals surface area contributed by atoms with Crippen molar-refractivity contribution in [1.29, 1.82) is 0 Å². The summed E-state index contributed by atoms with van der Waals surface area (Å²) in [6, 6.07) is 3.21. The zero-order valence-electron chi connectivity index (χ0n) is 13.0. The van der Waals surface area contributed by atoms with Gasteiger partial charge in [-0.2, -0.15) is 13.2 Å². The first-order valence-electron chi connectivity index (χ1n) is 7.50. The van der Waals surface area contributed by atoms with E-state index >= 15 is 0 Å². The Morgan fingerprint density at radius 2 is 2.16 bits per heavy atom. The molecule has 134 valence electrons. The molecule has 0 radical (unpaired) electrons. The Labute approximate surface area is 150 Å². The average molecular weight is 391 g/mol. The third kappa shape index (κ3) is 4.46. The number of halogens is 4. The first kappa shape index (κ1) is 18.1. The zero-order valence-corrected chi connectivity index (χ0v) is 14.6. The number of nitrogens with zero attached hydrogens (tertiary/aromatic N) is 2. The number of thioether (sulfide) groups is 1. The topological polar surface area (TPSA) is 70.7 Å². The number of aromatic amines is 1. The Balaban J connectivity index is 1.68. The van der Waals surface area contributed by atoms with E-state index in [-0.39, 0.29) is 10.7 Å². The van der Waals surface area contributed by atoms with E-state index in [4.69, 9.17) is 11.6 Å². The van der Waals surface area contributed by atoms with Crippen molar-refractivity contribution >= 4 is 35.0 Å². The molecule has 1 heterocycles. The number of hydrogen-bond acceptors (Lipinski definition) is 4. The molecule has 0 bridgehead atoms. The van der Waals surface area contributed by atoms with E-state index in [1.54, 1.807) is 6.92 Å². The molecule has 25 heavy (non-hydrogen) atoms. The quantitative estimate of drug-likeness (QED) is 0.739. The van der Waals surface area contributed by atoms with Crippen LogP contribution in [0.3, 0.4) is 0 Å². The third-order valence-electron chi connectivity index (χ3n) is 3.64. The summed E-state index contributed by atoms with van der Waals surface area (Å²) < 4.78 is 39.2. The van der Waals surface area contributed by atoms with E-state index in [0.29, 0.717) is 11.1 Å². The molecule has 1 amide bonds. The number of nitrogens with one attached hydrogen (secondary N) is 2. The predicted octanol–water partition coefficient (Wildman–Crippen LogP) is 4.47. The number of amides is 1. The zero-order chi connectivity index (χ0) is 18.2. The van der Waals surface area contributed by atoms with Crippen LogP contribution in [-0.2, 0) is 11.0 Å². The first-order valence-corrected chi connectivity index (χ1v) is 8.76. The molecule has 3 rings (SSSR count). The molecule has 10 heteroatoms. The smallest absolute Gasteiger partial charge is 0.325 e. The average Bonchev–Trinajstić information content (AvgIpc) is 3.28. The number of hydrogen-bond donors (Lipinski definition) is 2. The van der Waals surface area contributed by atoms with Gasteiger partial charge in [0.2, 0.25) is 11.1 Å². The molecule has 0 unspecified atom stereocenters. The van der Waals surface area contributed by atoms with Crippen molar-refractivity contribution in [3.63, 3.8) is 0 Å². The Bertz CT molecular complexity index is 791. The van der Waals surface area contributed by atoms with Crippen LogP contribution in [0.5, 0.6) is 0 Å². The van der Waals surface area contributed by atoms with Crippen LogP contribution in [0.1, 0.15) is 37.1 Å². The monoisotopic (exact) mass is 390 g/mol. The summed E-state index contributed by atoms with van der Waals surface area (Å²) in [6.45, 7) is 1.58. The molecule has 0 saturated heterocycles. The summed E-state index contributed by atoms with van der Waals surface area (Å²) in [5.74, 6) is 0.608. The van der Waals surface area contributed by atoms with Crippen molar-refractivity contribution < 1.29 is 18.0 Å². The molecule has 2 aromatic rings. The predicted molar refractivity (Wildman–Crippen MR) is 88.8 cm³/mol. The number of aromatic nitrogens is 3. The number of rotatable bonds is 5. The second-order valence-corrected chi connectivity index (χ2v) is 7.46. The van der Waals surface area contributed by atoms with Crippen molar-refractivity contribution in [2.24, 2.45) is 0 Å². The van der Waals surface area contributed by atoms with Gasteiger partial charge in [0.15, 0.2) is 0 Å². The Kier molecular flexibility index (Phi) is 4.97. The maximum Gasteiger partial charge on any atom is 0.418 e. The van der Waals surface area contributed by atoms with Crippen LogP contribution in [0.15, 0.2) is 23.4 Å². The molecule has 1 fully saturated rings. The molecule has 1 aromatic heterocycles. The fourth-order valence-corrected chi connectivity index (χ4v) is 3.06. The minimum absolute atomic E-state index is 0.0546. The number of carbonyl (C=O) groups excluding carboxylic acids is 1. The third-order valence-corrected chi connectivity index (χ3v) is 4.84. The highest BCUT2D eigenvalue weighted by atomic mass is 35.5. The largest absolute Gasteiger partial charge is 0.418 e. The normalized spacial score (nSPS) is 15.9. The van der Waals surface area contributed by atoms with Gasteiger partial charge in [0.05, 0.1) is 16.5 Å². The summed E-state index contributed by atoms with van der Waals surface area (Å²) in [6.07, 6.45) is -2.49. The maximum absolute atomic E-state index is 13.1. The maximum atomic E-state index is 13.1. The number of benzene rings is 1.